The monoisotopic (exact) mass is 289 g/mol. The van der Waals surface area contributed by atoms with Gasteiger partial charge in [0, 0.05) is 18.6 Å². The SMILES string of the molecule is O=S(=O)(CC1CCCCC1)NCC1(CO)CCCC1. The highest BCUT2D eigenvalue weighted by Gasteiger charge is 2.34. The number of aliphatic hydroxyl groups is 1. The molecule has 112 valence electrons. The maximum atomic E-state index is 12.1. The third-order valence-corrected chi connectivity index (χ3v) is 6.34. The second kappa shape index (κ2) is 6.55. The van der Waals surface area contributed by atoms with Crippen molar-refractivity contribution >= 4 is 10.0 Å². The van der Waals surface area contributed by atoms with Gasteiger partial charge in [0.25, 0.3) is 0 Å². The molecular formula is C14H27NO3S. The van der Waals surface area contributed by atoms with E-state index in [1.807, 2.05) is 0 Å². The molecule has 0 saturated heterocycles. The van der Waals surface area contributed by atoms with E-state index in [-0.39, 0.29) is 17.8 Å². The molecule has 0 aromatic rings. The number of aliphatic hydroxyl groups excluding tert-OH is 1. The van der Waals surface area contributed by atoms with Crippen LogP contribution >= 0.6 is 0 Å². The number of nitrogens with one attached hydrogen (secondary N) is 1. The zero-order valence-corrected chi connectivity index (χ0v) is 12.6. The molecule has 0 radical (unpaired) electrons. The molecule has 0 aliphatic heterocycles. The van der Waals surface area contributed by atoms with Crippen LogP contribution in [-0.2, 0) is 10.0 Å². The summed E-state index contributed by atoms with van der Waals surface area (Å²) in [6.45, 7) is 0.511. The molecule has 19 heavy (non-hydrogen) atoms. The third-order valence-electron chi connectivity index (χ3n) is 4.85. The van der Waals surface area contributed by atoms with Crippen LogP contribution < -0.4 is 4.72 Å². The van der Waals surface area contributed by atoms with Crippen LogP contribution in [0.4, 0.5) is 0 Å². The summed E-state index contributed by atoms with van der Waals surface area (Å²) in [4.78, 5) is 0. The molecule has 0 atom stereocenters. The summed E-state index contributed by atoms with van der Waals surface area (Å²) in [7, 11) is -3.18. The first kappa shape index (κ1) is 15.3. The van der Waals surface area contributed by atoms with E-state index in [9.17, 15) is 13.5 Å². The van der Waals surface area contributed by atoms with Crippen molar-refractivity contribution in [3.05, 3.63) is 0 Å². The number of hydrogen-bond donors (Lipinski definition) is 2. The maximum Gasteiger partial charge on any atom is 0.211 e. The molecule has 2 saturated carbocycles. The minimum Gasteiger partial charge on any atom is -0.396 e. The first-order valence-electron chi connectivity index (χ1n) is 7.63. The second-order valence-corrected chi connectivity index (χ2v) is 8.32. The van der Waals surface area contributed by atoms with Gasteiger partial charge >= 0.3 is 0 Å². The van der Waals surface area contributed by atoms with Gasteiger partial charge in [0.05, 0.1) is 5.75 Å². The van der Waals surface area contributed by atoms with Crippen LogP contribution in [0.3, 0.4) is 0 Å². The van der Waals surface area contributed by atoms with Crippen LogP contribution in [0.25, 0.3) is 0 Å². The fraction of sp³-hybridized carbons (Fsp3) is 1.00. The first-order chi connectivity index (χ1) is 9.05. The topological polar surface area (TPSA) is 66.4 Å². The average Bonchev–Trinajstić information content (AvgIpc) is 2.87. The largest absolute Gasteiger partial charge is 0.396 e. The zero-order chi connectivity index (χ0) is 13.8. The average molecular weight is 289 g/mol. The predicted molar refractivity (Wildman–Crippen MR) is 76.4 cm³/mol. The molecule has 2 rings (SSSR count). The van der Waals surface area contributed by atoms with Gasteiger partial charge in [-0.3, -0.25) is 0 Å². The summed E-state index contributed by atoms with van der Waals surface area (Å²) in [5.41, 5.74) is -0.195. The van der Waals surface area contributed by atoms with Gasteiger partial charge in [0.15, 0.2) is 0 Å². The Bertz CT molecular complexity index is 368. The van der Waals surface area contributed by atoms with Gasteiger partial charge in [-0.15, -0.1) is 0 Å². The van der Waals surface area contributed by atoms with Crippen molar-refractivity contribution < 1.29 is 13.5 Å². The van der Waals surface area contributed by atoms with E-state index >= 15 is 0 Å². The molecular weight excluding hydrogens is 262 g/mol. The van der Waals surface area contributed by atoms with Gasteiger partial charge < -0.3 is 5.11 Å². The Balaban J connectivity index is 1.83. The molecule has 2 aliphatic carbocycles. The van der Waals surface area contributed by atoms with Gasteiger partial charge in [0.2, 0.25) is 10.0 Å². The summed E-state index contributed by atoms with van der Waals surface area (Å²) in [5.74, 6) is 0.606. The van der Waals surface area contributed by atoms with Gasteiger partial charge in [-0.05, 0) is 31.6 Å². The van der Waals surface area contributed by atoms with Crippen LogP contribution in [0.5, 0.6) is 0 Å². The van der Waals surface area contributed by atoms with Crippen LogP contribution in [0, 0.1) is 11.3 Å². The highest BCUT2D eigenvalue weighted by atomic mass is 32.2. The maximum absolute atomic E-state index is 12.1. The van der Waals surface area contributed by atoms with E-state index < -0.39 is 10.0 Å². The molecule has 5 heteroatoms. The Hall–Kier alpha value is -0.130. The Morgan fingerprint density at radius 2 is 1.68 bits per heavy atom. The summed E-state index contributed by atoms with van der Waals surface area (Å²) in [5, 5.41) is 9.50. The predicted octanol–water partition coefficient (Wildman–Crippen LogP) is 2.04. The number of sulfonamides is 1. The lowest BCUT2D eigenvalue weighted by Gasteiger charge is -2.27. The van der Waals surface area contributed by atoms with Crippen LogP contribution in [0.15, 0.2) is 0 Å². The highest BCUT2D eigenvalue weighted by Crippen LogP contribution is 2.37. The Kier molecular flexibility index (Phi) is 5.26. The van der Waals surface area contributed by atoms with E-state index in [1.54, 1.807) is 0 Å². The molecule has 0 unspecified atom stereocenters. The third kappa shape index (κ3) is 4.43. The fourth-order valence-electron chi connectivity index (χ4n) is 3.50. The lowest BCUT2D eigenvalue weighted by atomic mass is 9.88. The van der Waals surface area contributed by atoms with E-state index in [4.69, 9.17) is 0 Å². The second-order valence-electron chi connectivity index (χ2n) is 6.47. The smallest absolute Gasteiger partial charge is 0.211 e. The molecule has 2 aliphatic rings. The molecule has 2 N–H and O–H groups in total. The minimum absolute atomic E-state index is 0.0962. The summed E-state index contributed by atoms with van der Waals surface area (Å²) >= 11 is 0. The molecule has 0 heterocycles. The van der Waals surface area contributed by atoms with E-state index in [0.29, 0.717) is 12.5 Å². The zero-order valence-electron chi connectivity index (χ0n) is 11.7. The number of rotatable bonds is 6. The minimum atomic E-state index is -3.18. The quantitative estimate of drug-likeness (QED) is 0.786. The molecule has 0 aromatic carbocycles. The van der Waals surface area contributed by atoms with E-state index in [1.165, 1.54) is 19.3 Å². The summed E-state index contributed by atoms with van der Waals surface area (Å²) in [6, 6.07) is 0. The van der Waals surface area contributed by atoms with E-state index in [2.05, 4.69) is 4.72 Å². The lowest BCUT2D eigenvalue weighted by Crippen LogP contribution is -2.40. The fourth-order valence-corrected chi connectivity index (χ4v) is 5.10. The normalized spacial score (nSPS) is 24.7. The molecule has 0 spiro atoms. The summed E-state index contributed by atoms with van der Waals surface area (Å²) < 4.78 is 27.0. The van der Waals surface area contributed by atoms with Gasteiger partial charge in [-0.1, -0.05) is 32.1 Å². The standard InChI is InChI=1S/C14H27NO3S/c16-12-14(8-4-5-9-14)11-15-19(17,18)10-13-6-2-1-3-7-13/h13,15-16H,1-12H2. The number of hydrogen-bond acceptors (Lipinski definition) is 3. The molecule has 4 nitrogen and oxygen atoms in total. The Labute approximate surface area is 117 Å². The lowest BCUT2D eigenvalue weighted by molar-refractivity contribution is 0.134. The molecule has 2 fully saturated rings. The van der Waals surface area contributed by atoms with Crippen molar-refractivity contribution in [3.63, 3.8) is 0 Å². The molecule has 0 bridgehead atoms. The molecule has 0 amide bonds. The van der Waals surface area contributed by atoms with Gasteiger partial charge in [0.1, 0.15) is 0 Å². The van der Waals surface area contributed by atoms with Crippen LogP contribution in [0.2, 0.25) is 0 Å². The highest BCUT2D eigenvalue weighted by molar-refractivity contribution is 7.89. The summed E-state index contributed by atoms with van der Waals surface area (Å²) in [6.07, 6.45) is 9.76. The van der Waals surface area contributed by atoms with Crippen molar-refractivity contribution in [2.75, 3.05) is 18.9 Å². The van der Waals surface area contributed by atoms with Crippen molar-refractivity contribution in [1.82, 2.24) is 4.72 Å². The van der Waals surface area contributed by atoms with Crippen molar-refractivity contribution in [2.24, 2.45) is 11.3 Å². The van der Waals surface area contributed by atoms with Gasteiger partial charge in [-0.25, -0.2) is 13.1 Å². The van der Waals surface area contributed by atoms with Crippen molar-refractivity contribution in [1.29, 1.82) is 0 Å². The molecule has 0 aromatic heterocycles. The van der Waals surface area contributed by atoms with E-state index in [0.717, 1.165) is 38.5 Å². The van der Waals surface area contributed by atoms with Crippen molar-refractivity contribution in [2.45, 2.75) is 57.8 Å². The van der Waals surface area contributed by atoms with Crippen LogP contribution in [0.1, 0.15) is 57.8 Å². The Morgan fingerprint density at radius 3 is 2.26 bits per heavy atom. The van der Waals surface area contributed by atoms with Crippen LogP contribution in [-0.4, -0.2) is 32.4 Å². The van der Waals surface area contributed by atoms with Crippen molar-refractivity contribution in [3.8, 4) is 0 Å². The Morgan fingerprint density at radius 1 is 1.05 bits per heavy atom. The first-order valence-corrected chi connectivity index (χ1v) is 9.29. The van der Waals surface area contributed by atoms with Gasteiger partial charge in [-0.2, -0.15) is 0 Å².